The fraction of sp³-hybridized carbons (Fsp3) is 0.724. The number of carbonyl (C=O) groups excluding carboxylic acids is 6. The second-order valence-electron chi connectivity index (χ2n) is 12.3. The number of aliphatic carboxylic acids is 2. The van der Waals surface area contributed by atoms with Gasteiger partial charge in [-0.3, -0.25) is 33.6 Å². The van der Waals surface area contributed by atoms with Crippen molar-refractivity contribution in [3.8, 4) is 0 Å². The van der Waals surface area contributed by atoms with Crippen LogP contribution in [0.15, 0.2) is 0 Å². The monoisotopic (exact) mass is 689 g/mol. The normalized spacial score (nSPS) is 15.5. The molecule has 48 heavy (non-hydrogen) atoms. The summed E-state index contributed by atoms with van der Waals surface area (Å²) in [5.74, 6) is -8.75. The summed E-state index contributed by atoms with van der Waals surface area (Å²) in [5.41, 5.74) is 10.9. The molecule has 6 amide bonds. The van der Waals surface area contributed by atoms with Crippen molar-refractivity contribution in [2.75, 3.05) is 6.61 Å². The maximum absolute atomic E-state index is 13.3. The van der Waals surface area contributed by atoms with Crippen LogP contribution in [0.25, 0.3) is 0 Å². The van der Waals surface area contributed by atoms with Crippen LogP contribution in [0.4, 0.5) is 0 Å². The Morgan fingerprint density at radius 3 is 1.35 bits per heavy atom. The van der Waals surface area contributed by atoms with Crippen LogP contribution < -0.4 is 38.1 Å². The first-order valence-electron chi connectivity index (χ1n) is 15.5. The number of rotatable bonds is 23. The number of nitrogens with one attached hydrogen (secondary N) is 5. The van der Waals surface area contributed by atoms with E-state index in [0.29, 0.717) is 0 Å². The van der Waals surface area contributed by atoms with E-state index in [1.165, 1.54) is 6.92 Å². The zero-order chi connectivity index (χ0) is 37.3. The van der Waals surface area contributed by atoms with Gasteiger partial charge in [-0.25, -0.2) is 4.79 Å². The summed E-state index contributed by atoms with van der Waals surface area (Å²) in [6.07, 6.45) is -2.96. The van der Waals surface area contributed by atoms with E-state index in [2.05, 4.69) is 26.6 Å². The average Bonchev–Trinajstić information content (AvgIpc) is 2.97. The van der Waals surface area contributed by atoms with Gasteiger partial charge in [-0.15, -0.1) is 0 Å². The third-order valence-electron chi connectivity index (χ3n) is 6.89. The molecule has 0 spiro atoms. The van der Waals surface area contributed by atoms with Crippen molar-refractivity contribution in [1.29, 1.82) is 0 Å². The number of nitrogens with two attached hydrogens (primary N) is 2. The lowest BCUT2D eigenvalue weighted by atomic mass is 10.0. The van der Waals surface area contributed by atoms with E-state index in [1.54, 1.807) is 27.7 Å². The van der Waals surface area contributed by atoms with Gasteiger partial charge >= 0.3 is 11.9 Å². The molecule has 0 aromatic carbocycles. The summed E-state index contributed by atoms with van der Waals surface area (Å²) in [5, 5.41) is 49.6. The maximum atomic E-state index is 13.3. The Bertz CT molecular complexity index is 1150. The fourth-order valence-electron chi connectivity index (χ4n) is 4.26. The van der Waals surface area contributed by atoms with Gasteiger partial charge < -0.3 is 58.5 Å². The second kappa shape index (κ2) is 21.5. The molecule has 0 aromatic heterocycles. The van der Waals surface area contributed by atoms with Gasteiger partial charge in [0.2, 0.25) is 35.4 Å². The topological polar surface area (TPSA) is 330 Å². The molecule has 13 N–H and O–H groups in total. The molecule has 0 rings (SSSR count). The molecule has 0 saturated carbocycles. The number of carbonyl (C=O) groups is 8. The minimum Gasteiger partial charge on any atom is -0.481 e. The molecule has 0 aromatic rings. The van der Waals surface area contributed by atoms with Gasteiger partial charge in [0.05, 0.1) is 12.7 Å². The Labute approximate surface area is 278 Å². The highest BCUT2D eigenvalue weighted by molar-refractivity contribution is 5.96. The molecule has 0 heterocycles. The molecular weight excluding hydrogens is 638 g/mol. The number of carboxylic acids is 2. The van der Waals surface area contributed by atoms with E-state index in [4.69, 9.17) is 16.6 Å². The van der Waals surface area contributed by atoms with Crippen LogP contribution >= 0.6 is 0 Å². The largest absolute Gasteiger partial charge is 0.481 e. The zero-order valence-corrected chi connectivity index (χ0v) is 27.9. The van der Waals surface area contributed by atoms with E-state index in [0.717, 1.165) is 0 Å². The summed E-state index contributed by atoms with van der Waals surface area (Å²) >= 11 is 0. The highest BCUT2D eigenvalue weighted by Gasteiger charge is 2.33. The number of hydrogen-bond acceptors (Lipinski definition) is 11. The highest BCUT2D eigenvalue weighted by atomic mass is 16.4. The molecule has 19 heteroatoms. The van der Waals surface area contributed by atoms with Gasteiger partial charge in [0.25, 0.3) is 0 Å². The lowest BCUT2D eigenvalue weighted by molar-refractivity contribution is -0.143. The van der Waals surface area contributed by atoms with Crippen LogP contribution in [0.1, 0.15) is 73.1 Å². The van der Waals surface area contributed by atoms with Crippen LogP contribution in [-0.4, -0.2) is 117 Å². The van der Waals surface area contributed by atoms with Crippen LogP contribution in [-0.2, 0) is 38.4 Å². The number of primary amides is 1. The molecule has 0 saturated heterocycles. The lowest BCUT2D eigenvalue weighted by Gasteiger charge is -2.27. The Morgan fingerprint density at radius 2 is 0.958 bits per heavy atom. The van der Waals surface area contributed by atoms with E-state index < -0.39 is 116 Å². The summed E-state index contributed by atoms with van der Waals surface area (Å²) in [6.45, 7) is 7.17. The number of aliphatic hydroxyl groups excluding tert-OH is 2. The van der Waals surface area contributed by atoms with Crippen LogP contribution in [0.5, 0.6) is 0 Å². The summed E-state index contributed by atoms with van der Waals surface area (Å²) < 4.78 is 0. The molecule has 0 radical (unpaired) electrons. The third-order valence-corrected chi connectivity index (χ3v) is 6.89. The van der Waals surface area contributed by atoms with Crippen molar-refractivity contribution >= 4 is 47.4 Å². The first-order valence-corrected chi connectivity index (χ1v) is 15.5. The molecule has 0 bridgehead atoms. The average molecular weight is 690 g/mol. The SMILES string of the molecule is CC(C)C[C@H](NC(=O)[C@H](CCC(=O)O)NC(=O)[C@H](CO)NC(=O)[C@H](CCC(N)=O)NC(=O)[C@H](CC(C)C)NC(=O)[C@@H](N)[C@@H](C)O)C(=O)O. The molecule has 274 valence electrons. The minimum absolute atomic E-state index is 0.0312. The first kappa shape index (κ1) is 43.6. The molecule has 0 aliphatic heterocycles. The summed E-state index contributed by atoms with van der Waals surface area (Å²) in [4.78, 5) is 99.2. The maximum Gasteiger partial charge on any atom is 0.326 e. The molecule has 19 nitrogen and oxygen atoms in total. The number of amides is 6. The minimum atomic E-state index is -1.76. The zero-order valence-electron chi connectivity index (χ0n) is 27.9. The third kappa shape index (κ3) is 17.0. The number of hydrogen-bond donors (Lipinski definition) is 11. The second-order valence-corrected chi connectivity index (χ2v) is 12.3. The van der Waals surface area contributed by atoms with Crippen molar-refractivity contribution in [2.45, 2.75) is 115 Å². The van der Waals surface area contributed by atoms with E-state index in [-0.39, 0.29) is 31.1 Å². The van der Waals surface area contributed by atoms with Crippen LogP contribution in [0.2, 0.25) is 0 Å². The van der Waals surface area contributed by atoms with E-state index in [1.807, 2.05) is 0 Å². The predicted molar refractivity (Wildman–Crippen MR) is 168 cm³/mol. The van der Waals surface area contributed by atoms with Gasteiger partial charge in [-0.2, -0.15) is 0 Å². The van der Waals surface area contributed by atoms with Gasteiger partial charge in [0, 0.05) is 12.8 Å². The number of aliphatic hydroxyl groups is 2. The van der Waals surface area contributed by atoms with Crippen molar-refractivity contribution in [1.82, 2.24) is 26.6 Å². The Hall–Kier alpha value is -4.36. The predicted octanol–water partition coefficient (Wildman–Crippen LogP) is -3.58. The number of carboxylic acid groups (broad SMARTS) is 2. The first-order chi connectivity index (χ1) is 22.2. The molecule has 7 atom stereocenters. The molecule has 0 aliphatic carbocycles. The van der Waals surface area contributed by atoms with Crippen LogP contribution in [0.3, 0.4) is 0 Å². The van der Waals surface area contributed by atoms with Crippen molar-refractivity contribution in [3.63, 3.8) is 0 Å². The van der Waals surface area contributed by atoms with Gasteiger partial charge in [-0.05, 0) is 44.4 Å². The van der Waals surface area contributed by atoms with Gasteiger partial charge in [-0.1, -0.05) is 27.7 Å². The Kier molecular flexibility index (Phi) is 19.5. The Morgan fingerprint density at radius 1 is 0.583 bits per heavy atom. The highest BCUT2D eigenvalue weighted by Crippen LogP contribution is 2.09. The van der Waals surface area contributed by atoms with Gasteiger partial charge in [0.15, 0.2) is 0 Å². The van der Waals surface area contributed by atoms with Gasteiger partial charge in [0.1, 0.15) is 36.3 Å². The fourth-order valence-corrected chi connectivity index (χ4v) is 4.26. The molecular formula is C29H51N7O12. The van der Waals surface area contributed by atoms with Crippen molar-refractivity contribution < 1.29 is 58.8 Å². The van der Waals surface area contributed by atoms with E-state index in [9.17, 15) is 53.7 Å². The van der Waals surface area contributed by atoms with E-state index >= 15 is 0 Å². The Balaban J connectivity index is 6.02. The van der Waals surface area contributed by atoms with Crippen molar-refractivity contribution in [3.05, 3.63) is 0 Å². The standard InChI is InChI=1S/C29H51N7O12/c1-13(2)10-18(34-28(46)23(31)15(5)38)26(44)32-16(6-8-21(30)39)25(43)36-20(12-37)27(45)33-17(7-9-22(40)41)24(42)35-19(29(47)48)11-14(3)4/h13-20,23,37-38H,6-12,31H2,1-5H3,(H2,30,39)(H,32,44)(H,33,45)(H,34,46)(H,35,42)(H,36,43)(H,40,41)(H,47,48)/t15-,16+,17+,18+,19+,20+,23+/m1/s1. The lowest BCUT2D eigenvalue weighted by Crippen LogP contribution is -2.60. The molecule has 0 unspecified atom stereocenters. The summed E-state index contributed by atoms with van der Waals surface area (Å²) in [6, 6.07) is -8.81. The molecule has 0 aliphatic rings. The molecule has 0 fully saturated rings. The summed E-state index contributed by atoms with van der Waals surface area (Å²) in [7, 11) is 0. The van der Waals surface area contributed by atoms with Crippen LogP contribution in [0, 0.1) is 11.8 Å². The smallest absolute Gasteiger partial charge is 0.326 e. The van der Waals surface area contributed by atoms with Crippen molar-refractivity contribution in [2.24, 2.45) is 23.3 Å². The quantitative estimate of drug-likeness (QED) is 0.0495.